The molecule has 1 saturated heterocycles. The molecule has 4 saturated carbocycles. The fourth-order valence-electron chi connectivity index (χ4n) is 16.4. The number of nitrogens with zero attached hydrogens (tertiary/aromatic N) is 6. The van der Waals surface area contributed by atoms with Gasteiger partial charge in [0.1, 0.15) is 43.0 Å². The number of imide groups is 1. The number of carboxylic acid groups (broad SMARTS) is 3. The number of hydrogen-bond acceptors (Lipinski definition) is 21. The molecule has 4 aromatic carbocycles. The number of carbonyl (C=O) groups excluding carboxylic acids is 5. The Morgan fingerprint density at radius 1 is 0.757 bits per heavy atom. The summed E-state index contributed by atoms with van der Waals surface area (Å²) in [6, 6.07) is 26.5. The molecule has 5 heterocycles. The Kier molecular flexibility index (Phi) is 21.7. The van der Waals surface area contributed by atoms with Crippen molar-refractivity contribution >= 4 is 85.1 Å². The van der Waals surface area contributed by atoms with Gasteiger partial charge in [-0.25, -0.2) is 24.4 Å². The number of ether oxygens (including phenoxy) is 6. The number of fused-ring (bicyclic) bond motifs is 2. The minimum absolute atomic E-state index is 0.0119. The Morgan fingerprint density at radius 2 is 1.53 bits per heavy atom. The summed E-state index contributed by atoms with van der Waals surface area (Å²) in [7, 11) is 0. The Hall–Kier alpha value is -9.75. The SMILES string of the molecule is Cc1c(-c2ccc(-c3ccc4cccc(C(=O)Nc5nc6ccccc6s5)c4c3)nc2C(=O)O)cnn1CC12CC3(C)CC(C)(C1)CC(OCCN(CCC(=O)O)C(=O)OCc1ccc(OCCOCCNC(=O)CCCCCN4C(=O)C=CC4=O)cc1O[C@H]1O[C@@H](C(=O)O)C(O)[C@@H](O)[C@@H]1O)(C3)C2. The number of aliphatic carboxylic acids is 2. The molecular formula is C74H82N8O20S. The summed E-state index contributed by atoms with van der Waals surface area (Å²) in [5.41, 5.74) is 2.72. The van der Waals surface area contributed by atoms with Gasteiger partial charge in [0, 0.05) is 90.9 Å². The van der Waals surface area contributed by atoms with Gasteiger partial charge >= 0.3 is 24.0 Å². The first-order valence-electron chi connectivity index (χ1n) is 34.3. The molecule has 3 aromatic heterocycles. The molecule has 4 aliphatic carbocycles. The molecule has 13 rings (SSSR count). The van der Waals surface area contributed by atoms with Crippen LogP contribution in [0.4, 0.5) is 9.93 Å². The van der Waals surface area contributed by atoms with Crippen molar-refractivity contribution in [1.29, 1.82) is 0 Å². The van der Waals surface area contributed by atoms with E-state index in [0.29, 0.717) is 70.7 Å². The number of aromatic nitrogens is 4. The lowest BCUT2D eigenvalue weighted by Gasteiger charge is -2.69. The molecular weight excluding hydrogens is 1350 g/mol. The number of hydrogen-bond donors (Lipinski definition) is 8. The van der Waals surface area contributed by atoms with E-state index in [1.807, 2.05) is 60.1 Å². The van der Waals surface area contributed by atoms with Crippen LogP contribution < -0.4 is 20.1 Å². The molecule has 5 fully saturated rings. The van der Waals surface area contributed by atoms with Crippen molar-refractivity contribution in [3.8, 4) is 33.9 Å². The Labute approximate surface area is 595 Å². The maximum Gasteiger partial charge on any atom is 0.410 e. The highest BCUT2D eigenvalue weighted by molar-refractivity contribution is 7.22. The summed E-state index contributed by atoms with van der Waals surface area (Å²) in [5.74, 6) is -5.23. The van der Waals surface area contributed by atoms with Crippen molar-refractivity contribution in [1.82, 2.24) is 34.9 Å². The topological polar surface area (TPSA) is 387 Å². The Morgan fingerprint density at radius 3 is 2.28 bits per heavy atom. The second-order valence-electron chi connectivity index (χ2n) is 28.2. The van der Waals surface area contributed by atoms with Gasteiger partial charge in [0.05, 0.1) is 53.9 Å². The number of unbranched alkanes of at least 4 members (excludes halogenated alkanes) is 2. The van der Waals surface area contributed by atoms with Crippen LogP contribution in [-0.4, -0.2) is 197 Å². The number of aliphatic hydroxyl groups is 3. The van der Waals surface area contributed by atoms with Gasteiger partial charge in [-0.1, -0.05) is 68.0 Å². The fourth-order valence-corrected chi connectivity index (χ4v) is 17.2. The lowest BCUT2D eigenvalue weighted by molar-refractivity contribution is -0.271. The molecule has 0 spiro atoms. The van der Waals surface area contributed by atoms with Gasteiger partial charge in [-0.05, 0) is 134 Å². The average Bonchev–Trinajstić information content (AvgIpc) is 0.990. The predicted octanol–water partition coefficient (Wildman–Crippen LogP) is 8.15. The highest BCUT2D eigenvalue weighted by Crippen LogP contribution is 2.72. The number of benzene rings is 4. The van der Waals surface area contributed by atoms with Crippen LogP contribution >= 0.6 is 11.3 Å². The molecule has 28 nitrogen and oxygen atoms in total. The molecule has 8 N–H and O–H groups in total. The summed E-state index contributed by atoms with van der Waals surface area (Å²) in [4.78, 5) is 113. The molecule has 544 valence electrons. The molecule has 103 heavy (non-hydrogen) atoms. The van der Waals surface area contributed by atoms with Crippen LogP contribution in [0.25, 0.3) is 43.4 Å². The molecule has 7 aromatic rings. The number of carbonyl (C=O) groups is 8. The molecule has 6 aliphatic rings. The summed E-state index contributed by atoms with van der Waals surface area (Å²) in [5, 5.41) is 74.8. The number of rotatable bonds is 32. The van der Waals surface area contributed by atoms with E-state index in [-0.39, 0.29) is 122 Å². The lowest BCUT2D eigenvalue weighted by atomic mass is 9.39. The number of anilines is 1. The standard InChI is InChI=1S/C74H82N8O20S/c1-43-51(48-19-20-52(77-60(48)66(92)93)45-16-15-44-10-9-11-49(50(44)32-45)65(91)79-69-78-53-12-6-7-13-55(53)103-69)34-76-82(43)42-73-37-71(2)36-72(3,38-73)40-74(39-71,41-73)100-29-27-80(26-23-59(86)87)70(96)99-35-46-17-18-47(33-54(46)101-68-63(90)61(88)62(89)64(102-68)67(94)95)98-31-30-97-28-24-75-56(83)14-5-4-8-25-81-57(84)21-22-58(81)85/h6-7,9-13,15-22,32-34,61-64,68,88-90H,4-5,8,14,23-31,35-42H2,1-3H3,(H,75,83)(H,86,87)(H,92,93)(H,94,95)(H,78,79,91)/t61-,62?,63+,64-,68+,71?,72?,73?,74?/m1/s1. The molecule has 4 bridgehead atoms. The number of aromatic carboxylic acids is 1. The minimum Gasteiger partial charge on any atom is -0.491 e. The maximum atomic E-state index is 14.2. The van der Waals surface area contributed by atoms with Gasteiger partial charge in [0.15, 0.2) is 16.9 Å². The van der Waals surface area contributed by atoms with Crippen molar-refractivity contribution in [2.75, 3.05) is 57.9 Å². The fraction of sp³-hybridized carbons (Fsp3) is 0.446. The summed E-state index contributed by atoms with van der Waals surface area (Å²) < 4.78 is 38.6. The molecule has 5 amide bonds. The predicted molar refractivity (Wildman–Crippen MR) is 372 cm³/mol. The number of thiazole rings is 1. The van der Waals surface area contributed by atoms with E-state index in [2.05, 4.69) is 29.5 Å². The summed E-state index contributed by atoms with van der Waals surface area (Å²) in [6.07, 6.45) is -0.147. The zero-order valence-electron chi connectivity index (χ0n) is 57.1. The highest BCUT2D eigenvalue weighted by Gasteiger charge is 2.66. The number of para-hydroxylation sites is 1. The molecule has 29 heteroatoms. The van der Waals surface area contributed by atoms with Crippen LogP contribution in [0.5, 0.6) is 11.5 Å². The van der Waals surface area contributed by atoms with E-state index in [9.17, 15) is 69.0 Å². The molecule has 3 unspecified atom stereocenters. The van der Waals surface area contributed by atoms with Crippen LogP contribution in [0.15, 0.2) is 109 Å². The lowest BCUT2D eigenvalue weighted by Crippen LogP contribution is -2.64. The largest absolute Gasteiger partial charge is 0.491 e. The molecule has 2 aliphatic heterocycles. The van der Waals surface area contributed by atoms with Gasteiger partial charge in [0.25, 0.3) is 17.7 Å². The second kappa shape index (κ2) is 30.7. The van der Waals surface area contributed by atoms with Gasteiger partial charge in [-0.15, -0.1) is 0 Å². The van der Waals surface area contributed by atoms with Crippen LogP contribution in [-0.2, 0) is 56.1 Å². The van der Waals surface area contributed by atoms with Crippen molar-refractivity contribution < 1.29 is 97.4 Å². The summed E-state index contributed by atoms with van der Waals surface area (Å²) in [6.45, 7) is 6.89. The zero-order valence-corrected chi connectivity index (χ0v) is 57.9. The first kappa shape index (κ1) is 73.0. The third-order valence-electron chi connectivity index (χ3n) is 19.9. The second-order valence-corrected chi connectivity index (χ2v) is 29.2. The van der Waals surface area contributed by atoms with Crippen LogP contribution in [0, 0.1) is 23.2 Å². The van der Waals surface area contributed by atoms with E-state index in [1.165, 1.54) is 46.6 Å². The third kappa shape index (κ3) is 16.7. The van der Waals surface area contributed by atoms with Gasteiger partial charge in [0.2, 0.25) is 12.2 Å². The number of amides is 5. The Balaban J connectivity index is 0.681. The monoisotopic (exact) mass is 1430 g/mol. The van der Waals surface area contributed by atoms with E-state index in [0.717, 1.165) is 58.3 Å². The molecule has 0 radical (unpaired) electrons. The van der Waals surface area contributed by atoms with Crippen LogP contribution in [0.2, 0.25) is 0 Å². The van der Waals surface area contributed by atoms with Crippen LogP contribution in [0.3, 0.4) is 0 Å². The van der Waals surface area contributed by atoms with Gasteiger partial charge in [-0.3, -0.25) is 38.9 Å². The van der Waals surface area contributed by atoms with E-state index < -0.39 is 73.3 Å². The number of carboxylic acids is 3. The van der Waals surface area contributed by atoms with E-state index >= 15 is 0 Å². The first-order chi connectivity index (χ1) is 49.3. The summed E-state index contributed by atoms with van der Waals surface area (Å²) >= 11 is 1.38. The minimum atomic E-state index is -2.02. The quantitative estimate of drug-likeness (QED) is 0.0146. The van der Waals surface area contributed by atoms with Crippen molar-refractivity contribution in [3.63, 3.8) is 0 Å². The van der Waals surface area contributed by atoms with Crippen molar-refractivity contribution in [3.05, 3.63) is 132 Å². The highest BCUT2D eigenvalue weighted by atomic mass is 32.1. The Bertz CT molecular complexity index is 4370. The first-order valence-corrected chi connectivity index (χ1v) is 35.1. The van der Waals surface area contributed by atoms with Crippen molar-refractivity contribution in [2.45, 2.75) is 141 Å². The van der Waals surface area contributed by atoms with Crippen molar-refractivity contribution in [2.24, 2.45) is 16.2 Å². The molecule has 7 atom stereocenters. The van der Waals surface area contributed by atoms with Crippen LogP contribution in [0.1, 0.15) is 117 Å². The van der Waals surface area contributed by atoms with Gasteiger partial charge < -0.3 is 69.3 Å². The third-order valence-corrected chi connectivity index (χ3v) is 20.8. The zero-order chi connectivity index (χ0) is 73.0. The number of nitrogens with one attached hydrogen (secondary N) is 2. The maximum absolute atomic E-state index is 14.2. The average molecular weight is 1440 g/mol. The normalized spacial score (nSPS) is 24.0. The van der Waals surface area contributed by atoms with Gasteiger partial charge in [-0.2, -0.15) is 5.10 Å². The smallest absolute Gasteiger partial charge is 0.410 e. The number of pyridine rings is 1. The number of aliphatic hydroxyl groups excluding tert-OH is 3. The van der Waals surface area contributed by atoms with E-state index in [4.69, 9.17) is 38.5 Å². The van der Waals surface area contributed by atoms with E-state index in [1.54, 1.807) is 30.5 Å².